The van der Waals surface area contributed by atoms with E-state index in [1.165, 1.54) is 21.7 Å². The third-order valence-corrected chi connectivity index (χ3v) is 4.23. The molecule has 4 heteroatoms. The number of thiazole rings is 1. The van der Waals surface area contributed by atoms with Crippen LogP contribution < -0.4 is 5.32 Å². The molecule has 0 amide bonds. The van der Waals surface area contributed by atoms with Crippen LogP contribution in [0.4, 0.5) is 0 Å². The Morgan fingerprint density at radius 1 is 1.44 bits per heavy atom. The molecule has 0 fully saturated rings. The lowest BCUT2D eigenvalue weighted by molar-refractivity contribution is 0.185. The largest absolute Gasteiger partial charge is 0.380 e. The van der Waals surface area contributed by atoms with Crippen molar-refractivity contribution in [1.82, 2.24) is 10.3 Å². The van der Waals surface area contributed by atoms with E-state index in [1.807, 2.05) is 0 Å². The van der Waals surface area contributed by atoms with Gasteiger partial charge in [-0.05, 0) is 11.6 Å². The van der Waals surface area contributed by atoms with Crippen molar-refractivity contribution in [2.45, 2.75) is 19.6 Å². The van der Waals surface area contributed by atoms with Crippen LogP contribution >= 0.6 is 11.3 Å². The molecule has 0 radical (unpaired) electrons. The Bertz CT molecular complexity index is 527. The van der Waals surface area contributed by atoms with Crippen LogP contribution in [0, 0.1) is 0 Å². The lowest BCUT2D eigenvalue weighted by atomic mass is 10.1. The third-order valence-electron chi connectivity index (χ3n) is 3.09. The van der Waals surface area contributed by atoms with Crippen LogP contribution in [-0.2, 0) is 24.3 Å². The highest BCUT2D eigenvalue weighted by Gasteiger charge is 2.15. The molecule has 1 aliphatic rings. The van der Waals surface area contributed by atoms with Crippen molar-refractivity contribution >= 4 is 11.3 Å². The molecule has 1 aromatic carbocycles. The van der Waals surface area contributed by atoms with Gasteiger partial charge >= 0.3 is 0 Å². The molecule has 3 rings (SSSR count). The van der Waals surface area contributed by atoms with Gasteiger partial charge in [0.15, 0.2) is 0 Å². The second kappa shape index (κ2) is 5.18. The second-order valence-corrected chi connectivity index (χ2v) is 5.53. The molecule has 0 bridgehead atoms. The van der Waals surface area contributed by atoms with Crippen molar-refractivity contribution in [3.63, 3.8) is 0 Å². The molecule has 1 aliphatic heterocycles. The standard InChI is InChI=1S/C14H16N2OS/c1-17-9-10-3-2-4-11(7-10)14-16-12-5-6-15-8-13(12)18-14/h2-4,7,15H,5-6,8-9H2,1H3. The highest BCUT2D eigenvalue weighted by molar-refractivity contribution is 7.15. The molecule has 0 unspecified atom stereocenters. The maximum absolute atomic E-state index is 5.17. The average molecular weight is 260 g/mol. The average Bonchev–Trinajstić information content (AvgIpc) is 2.83. The summed E-state index contributed by atoms with van der Waals surface area (Å²) in [7, 11) is 1.72. The maximum Gasteiger partial charge on any atom is 0.123 e. The highest BCUT2D eigenvalue weighted by Crippen LogP contribution is 2.30. The lowest BCUT2D eigenvalue weighted by Crippen LogP contribution is -2.22. The fraction of sp³-hybridized carbons (Fsp3) is 0.357. The van der Waals surface area contributed by atoms with Gasteiger partial charge in [0, 0.05) is 37.1 Å². The number of nitrogens with zero attached hydrogens (tertiary/aromatic N) is 1. The van der Waals surface area contributed by atoms with E-state index in [2.05, 4.69) is 29.6 Å². The topological polar surface area (TPSA) is 34.1 Å². The number of aromatic nitrogens is 1. The number of fused-ring (bicyclic) bond motifs is 1. The zero-order valence-corrected chi connectivity index (χ0v) is 11.2. The van der Waals surface area contributed by atoms with Gasteiger partial charge in [-0.25, -0.2) is 4.98 Å². The Morgan fingerprint density at radius 3 is 3.22 bits per heavy atom. The van der Waals surface area contributed by atoms with Crippen LogP contribution in [0.25, 0.3) is 10.6 Å². The Kier molecular flexibility index (Phi) is 3.41. The van der Waals surface area contributed by atoms with Gasteiger partial charge in [-0.1, -0.05) is 18.2 Å². The molecule has 2 aromatic rings. The Hall–Kier alpha value is -1.23. The quantitative estimate of drug-likeness (QED) is 0.921. The van der Waals surface area contributed by atoms with Crippen LogP contribution in [0.2, 0.25) is 0 Å². The zero-order valence-electron chi connectivity index (χ0n) is 10.4. The molecule has 18 heavy (non-hydrogen) atoms. The summed E-state index contributed by atoms with van der Waals surface area (Å²) in [6.07, 6.45) is 1.05. The van der Waals surface area contributed by atoms with E-state index in [9.17, 15) is 0 Å². The Morgan fingerprint density at radius 2 is 2.39 bits per heavy atom. The van der Waals surface area contributed by atoms with Crippen LogP contribution in [0.3, 0.4) is 0 Å². The molecule has 0 saturated heterocycles. The van der Waals surface area contributed by atoms with Crippen LogP contribution in [-0.4, -0.2) is 18.6 Å². The van der Waals surface area contributed by atoms with Gasteiger partial charge in [-0.3, -0.25) is 0 Å². The van der Waals surface area contributed by atoms with Gasteiger partial charge in [-0.15, -0.1) is 11.3 Å². The summed E-state index contributed by atoms with van der Waals surface area (Å²) in [5.41, 5.74) is 3.66. The predicted octanol–water partition coefficient (Wildman–Crippen LogP) is 2.60. The monoisotopic (exact) mass is 260 g/mol. The summed E-state index contributed by atoms with van der Waals surface area (Å²) >= 11 is 1.80. The predicted molar refractivity (Wildman–Crippen MR) is 73.7 cm³/mol. The first kappa shape index (κ1) is 11.8. The van der Waals surface area contributed by atoms with Crippen molar-refractivity contribution in [3.8, 4) is 10.6 Å². The van der Waals surface area contributed by atoms with E-state index in [-0.39, 0.29) is 0 Å². The van der Waals surface area contributed by atoms with Gasteiger partial charge in [0.25, 0.3) is 0 Å². The molecular weight excluding hydrogens is 244 g/mol. The first-order chi connectivity index (χ1) is 8.86. The van der Waals surface area contributed by atoms with E-state index in [4.69, 9.17) is 9.72 Å². The van der Waals surface area contributed by atoms with E-state index in [0.717, 1.165) is 24.5 Å². The van der Waals surface area contributed by atoms with E-state index in [1.54, 1.807) is 18.4 Å². The zero-order chi connectivity index (χ0) is 12.4. The van der Waals surface area contributed by atoms with Crippen molar-refractivity contribution in [2.24, 2.45) is 0 Å². The first-order valence-corrected chi connectivity index (χ1v) is 6.96. The fourth-order valence-electron chi connectivity index (χ4n) is 2.21. The molecule has 0 spiro atoms. The molecule has 94 valence electrons. The van der Waals surface area contributed by atoms with E-state index >= 15 is 0 Å². The molecule has 0 saturated carbocycles. The highest BCUT2D eigenvalue weighted by atomic mass is 32.1. The fourth-order valence-corrected chi connectivity index (χ4v) is 3.28. The van der Waals surface area contributed by atoms with Gasteiger partial charge in [0.1, 0.15) is 5.01 Å². The second-order valence-electron chi connectivity index (χ2n) is 4.45. The minimum Gasteiger partial charge on any atom is -0.380 e. The maximum atomic E-state index is 5.17. The number of ether oxygens (including phenoxy) is 1. The van der Waals surface area contributed by atoms with Crippen LogP contribution in [0.1, 0.15) is 16.1 Å². The summed E-state index contributed by atoms with van der Waals surface area (Å²) in [6.45, 7) is 2.66. The third kappa shape index (κ3) is 2.32. The summed E-state index contributed by atoms with van der Waals surface area (Å²) in [5, 5.41) is 4.51. The van der Waals surface area contributed by atoms with Gasteiger partial charge in [0.05, 0.1) is 12.3 Å². The molecule has 2 heterocycles. The molecule has 0 atom stereocenters. The molecule has 3 nitrogen and oxygen atoms in total. The SMILES string of the molecule is COCc1cccc(-c2nc3c(s2)CNCC3)c1. The van der Waals surface area contributed by atoms with E-state index in [0.29, 0.717) is 6.61 Å². The number of rotatable bonds is 3. The number of benzene rings is 1. The van der Waals surface area contributed by atoms with Crippen LogP contribution in [0.15, 0.2) is 24.3 Å². The minimum atomic E-state index is 0.653. The normalized spacial score (nSPS) is 14.5. The van der Waals surface area contributed by atoms with Gasteiger partial charge in [0.2, 0.25) is 0 Å². The lowest BCUT2D eigenvalue weighted by Gasteiger charge is -2.09. The van der Waals surface area contributed by atoms with Crippen molar-refractivity contribution in [3.05, 3.63) is 40.4 Å². The Balaban J connectivity index is 1.94. The molecular formula is C14H16N2OS. The molecule has 1 N–H and O–H groups in total. The minimum absolute atomic E-state index is 0.653. The molecule has 1 aromatic heterocycles. The number of hydrogen-bond donors (Lipinski definition) is 1. The Labute approximate surface area is 111 Å². The molecule has 0 aliphatic carbocycles. The van der Waals surface area contributed by atoms with Crippen LogP contribution in [0.5, 0.6) is 0 Å². The van der Waals surface area contributed by atoms with Crippen molar-refractivity contribution in [2.75, 3.05) is 13.7 Å². The summed E-state index contributed by atoms with van der Waals surface area (Å²) < 4.78 is 5.17. The first-order valence-electron chi connectivity index (χ1n) is 6.14. The van der Waals surface area contributed by atoms with Crippen molar-refractivity contribution in [1.29, 1.82) is 0 Å². The van der Waals surface area contributed by atoms with Gasteiger partial charge < -0.3 is 10.1 Å². The van der Waals surface area contributed by atoms with E-state index < -0.39 is 0 Å². The van der Waals surface area contributed by atoms with Crippen molar-refractivity contribution < 1.29 is 4.74 Å². The number of hydrogen-bond acceptors (Lipinski definition) is 4. The van der Waals surface area contributed by atoms with Gasteiger partial charge in [-0.2, -0.15) is 0 Å². The smallest absolute Gasteiger partial charge is 0.123 e. The summed E-state index contributed by atoms with van der Waals surface area (Å²) in [5.74, 6) is 0. The number of methoxy groups -OCH3 is 1. The summed E-state index contributed by atoms with van der Waals surface area (Å²) in [4.78, 5) is 6.14. The number of nitrogens with one attached hydrogen (secondary N) is 1. The summed E-state index contributed by atoms with van der Waals surface area (Å²) in [6, 6.07) is 8.45.